The summed E-state index contributed by atoms with van der Waals surface area (Å²) in [6.45, 7) is 4.02. The smallest absolute Gasteiger partial charge is 0.270 e. The molecule has 0 aliphatic carbocycles. The van der Waals surface area contributed by atoms with E-state index in [0.29, 0.717) is 27.0 Å². The second-order valence-corrected chi connectivity index (χ2v) is 8.80. The summed E-state index contributed by atoms with van der Waals surface area (Å²) < 4.78 is 1.72. The average Bonchev–Trinajstić information content (AvgIpc) is 3.33. The van der Waals surface area contributed by atoms with Crippen LogP contribution < -0.4 is 15.6 Å². The molecule has 2 N–H and O–H groups in total. The van der Waals surface area contributed by atoms with Crippen LogP contribution in [0.3, 0.4) is 0 Å². The lowest BCUT2D eigenvalue weighted by Crippen LogP contribution is -2.28. The van der Waals surface area contributed by atoms with Crippen LogP contribution in [0.2, 0.25) is 10.0 Å². The van der Waals surface area contributed by atoms with E-state index >= 15 is 0 Å². The molecule has 2 heterocycles. The number of hydrogen-bond donors (Lipinski definition) is 2. The van der Waals surface area contributed by atoms with Crippen LogP contribution in [-0.4, -0.2) is 28.9 Å². The van der Waals surface area contributed by atoms with Gasteiger partial charge in [0.1, 0.15) is 0 Å². The second-order valence-electron chi connectivity index (χ2n) is 7.96. The molecule has 1 aromatic heterocycles. The highest BCUT2D eigenvalue weighted by molar-refractivity contribution is 6.36. The lowest BCUT2D eigenvalue weighted by Gasteiger charge is -2.18. The molecule has 1 aliphatic rings. The number of amides is 3. The van der Waals surface area contributed by atoms with Gasteiger partial charge in [0.15, 0.2) is 0 Å². The fourth-order valence-electron chi connectivity index (χ4n) is 3.77. The standard InChI is InChI=1S/C24H22Cl2N4O3/c1-14-3-4-15(2)30(14)28-24(33)16-5-8-19(9-6-16)27-23(32)17-11-22(31)29(13-17)21-12-18(25)7-10-20(21)26/h3-10,12,17H,11,13H2,1-2H3,(H,27,32)(H,28,33)/t17-/m1/s1. The molecule has 170 valence electrons. The lowest BCUT2D eigenvalue weighted by atomic mass is 10.1. The Hall–Kier alpha value is -3.29. The lowest BCUT2D eigenvalue weighted by molar-refractivity contribution is -0.122. The largest absolute Gasteiger partial charge is 0.326 e. The molecule has 1 saturated heterocycles. The van der Waals surface area contributed by atoms with Gasteiger partial charge in [-0.25, -0.2) is 0 Å². The predicted octanol–water partition coefficient (Wildman–Crippen LogP) is 4.79. The number of carbonyl (C=O) groups is 3. The first-order valence-electron chi connectivity index (χ1n) is 10.4. The van der Waals surface area contributed by atoms with Crippen LogP contribution in [0.25, 0.3) is 0 Å². The molecule has 0 radical (unpaired) electrons. The summed E-state index contributed by atoms with van der Waals surface area (Å²) in [7, 11) is 0. The normalized spacial score (nSPS) is 15.6. The zero-order chi connectivity index (χ0) is 23.7. The third-order valence-corrected chi connectivity index (χ3v) is 6.15. The fourth-order valence-corrected chi connectivity index (χ4v) is 4.15. The highest BCUT2D eigenvalue weighted by atomic mass is 35.5. The Labute approximate surface area is 201 Å². The summed E-state index contributed by atoms with van der Waals surface area (Å²) in [6.07, 6.45) is 0.0741. The molecule has 2 aromatic carbocycles. The van der Waals surface area contributed by atoms with E-state index in [1.54, 1.807) is 47.1 Å². The first-order valence-corrected chi connectivity index (χ1v) is 11.1. The van der Waals surface area contributed by atoms with Gasteiger partial charge in [0.05, 0.1) is 16.6 Å². The van der Waals surface area contributed by atoms with Crippen LogP contribution in [0.15, 0.2) is 54.6 Å². The fraction of sp³-hybridized carbons (Fsp3) is 0.208. The molecule has 1 atom stereocenters. The molecular weight excluding hydrogens is 463 g/mol. The van der Waals surface area contributed by atoms with Crippen molar-refractivity contribution in [3.05, 3.63) is 81.6 Å². The van der Waals surface area contributed by atoms with E-state index in [4.69, 9.17) is 23.2 Å². The first kappa shape index (κ1) is 22.9. The highest BCUT2D eigenvalue weighted by Crippen LogP contribution is 2.33. The zero-order valence-electron chi connectivity index (χ0n) is 18.1. The van der Waals surface area contributed by atoms with Gasteiger partial charge in [0.25, 0.3) is 5.91 Å². The van der Waals surface area contributed by atoms with Crippen molar-refractivity contribution in [2.24, 2.45) is 5.92 Å². The minimum absolute atomic E-state index is 0.0741. The molecular formula is C24H22Cl2N4O3. The van der Waals surface area contributed by atoms with E-state index in [2.05, 4.69) is 10.7 Å². The summed E-state index contributed by atoms with van der Waals surface area (Å²) in [5, 5.41) is 3.67. The molecule has 3 aromatic rings. The molecule has 0 unspecified atom stereocenters. The molecule has 1 fully saturated rings. The molecule has 7 nitrogen and oxygen atoms in total. The van der Waals surface area contributed by atoms with Crippen molar-refractivity contribution in [2.45, 2.75) is 20.3 Å². The number of aromatic nitrogens is 1. The summed E-state index contributed by atoms with van der Waals surface area (Å²) in [5.41, 5.74) is 6.17. The number of rotatable bonds is 5. The Morgan fingerprint density at radius 3 is 2.30 bits per heavy atom. The third kappa shape index (κ3) is 4.89. The Morgan fingerprint density at radius 2 is 1.64 bits per heavy atom. The second kappa shape index (κ2) is 9.29. The van der Waals surface area contributed by atoms with E-state index in [0.717, 1.165) is 11.4 Å². The van der Waals surface area contributed by atoms with Crippen LogP contribution in [0, 0.1) is 19.8 Å². The average molecular weight is 485 g/mol. The van der Waals surface area contributed by atoms with Crippen molar-refractivity contribution in [2.75, 3.05) is 22.2 Å². The minimum atomic E-state index is -0.532. The monoisotopic (exact) mass is 484 g/mol. The zero-order valence-corrected chi connectivity index (χ0v) is 19.6. The van der Waals surface area contributed by atoms with Gasteiger partial charge in [-0.15, -0.1) is 0 Å². The van der Waals surface area contributed by atoms with Crippen LogP contribution in [-0.2, 0) is 9.59 Å². The van der Waals surface area contributed by atoms with Crippen LogP contribution in [0.5, 0.6) is 0 Å². The number of carbonyl (C=O) groups excluding carboxylic acids is 3. The van der Waals surface area contributed by atoms with Gasteiger partial charge in [-0.2, -0.15) is 0 Å². The van der Waals surface area contributed by atoms with Crippen molar-refractivity contribution in [1.82, 2.24) is 4.68 Å². The van der Waals surface area contributed by atoms with Crippen LogP contribution in [0.1, 0.15) is 28.2 Å². The number of anilines is 2. The quantitative estimate of drug-likeness (QED) is 0.546. The Morgan fingerprint density at radius 1 is 0.970 bits per heavy atom. The Bertz CT molecular complexity index is 1220. The predicted molar refractivity (Wildman–Crippen MR) is 130 cm³/mol. The molecule has 33 heavy (non-hydrogen) atoms. The summed E-state index contributed by atoms with van der Waals surface area (Å²) in [6, 6.07) is 15.3. The van der Waals surface area contributed by atoms with Crippen molar-refractivity contribution < 1.29 is 14.4 Å². The number of nitrogens with zero attached hydrogens (tertiary/aromatic N) is 2. The molecule has 9 heteroatoms. The van der Waals surface area contributed by atoms with Gasteiger partial charge in [-0.1, -0.05) is 23.2 Å². The summed E-state index contributed by atoms with van der Waals surface area (Å²) in [5.74, 6) is -1.26. The topological polar surface area (TPSA) is 83.4 Å². The van der Waals surface area contributed by atoms with Crippen molar-refractivity contribution >= 4 is 52.3 Å². The van der Waals surface area contributed by atoms with Gasteiger partial charge >= 0.3 is 0 Å². The molecule has 4 rings (SSSR count). The van der Waals surface area contributed by atoms with Gasteiger partial charge in [-0.05, 0) is 68.4 Å². The number of nitrogens with one attached hydrogen (secondary N) is 2. The van der Waals surface area contributed by atoms with Crippen molar-refractivity contribution in [3.8, 4) is 0 Å². The van der Waals surface area contributed by atoms with E-state index in [-0.39, 0.29) is 30.7 Å². The molecule has 1 aliphatic heterocycles. The maximum atomic E-state index is 12.8. The number of aryl methyl sites for hydroxylation is 2. The summed E-state index contributed by atoms with van der Waals surface area (Å²) in [4.78, 5) is 39.3. The Balaban J connectivity index is 1.39. The van der Waals surface area contributed by atoms with Crippen molar-refractivity contribution in [3.63, 3.8) is 0 Å². The van der Waals surface area contributed by atoms with E-state index in [1.807, 2.05) is 26.0 Å². The third-order valence-electron chi connectivity index (χ3n) is 5.59. The first-order chi connectivity index (χ1) is 15.7. The molecule has 0 spiro atoms. The molecule has 0 bridgehead atoms. The van der Waals surface area contributed by atoms with Gasteiger partial charge < -0.3 is 10.2 Å². The van der Waals surface area contributed by atoms with E-state index in [9.17, 15) is 14.4 Å². The molecule has 3 amide bonds. The van der Waals surface area contributed by atoms with Crippen LogP contribution in [0.4, 0.5) is 11.4 Å². The number of hydrogen-bond acceptors (Lipinski definition) is 3. The van der Waals surface area contributed by atoms with Crippen LogP contribution >= 0.6 is 23.2 Å². The number of halogens is 2. The maximum absolute atomic E-state index is 12.8. The van der Waals surface area contributed by atoms with E-state index in [1.165, 1.54) is 4.90 Å². The van der Waals surface area contributed by atoms with E-state index < -0.39 is 5.92 Å². The van der Waals surface area contributed by atoms with Crippen molar-refractivity contribution in [1.29, 1.82) is 0 Å². The minimum Gasteiger partial charge on any atom is -0.326 e. The SMILES string of the molecule is Cc1ccc(C)n1NC(=O)c1ccc(NC(=O)[C@@H]2CC(=O)N(c3cc(Cl)ccc3Cl)C2)cc1. The Kier molecular flexibility index (Phi) is 6.44. The maximum Gasteiger partial charge on any atom is 0.270 e. The summed E-state index contributed by atoms with van der Waals surface area (Å²) >= 11 is 12.2. The molecule has 0 saturated carbocycles. The van der Waals surface area contributed by atoms with Gasteiger partial charge in [0.2, 0.25) is 11.8 Å². The highest BCUT2D eigenvalue weighted by Gasteiger charge is 2.36. The van der Waals surface area contributed by atoms with Gasteiger partial charge in [-0.3, -0.25) is 24.5 Å². The van der Waals surface area contributed by atoms with Gasteiger partial charge in [0, 0.05) is 40.6 Å². The number of benzene rings is 2.